The Labute approximate surface area is 232 Å². The second-order valence-corrected chi connectivity index (χ2v) is 8.32. The van der Waals surface area contributed by atoms with Crippen LogP contribution in [0.5, 0.6) is 0 Å². The van der Waals surface area contributed by atoms with E-state index >= 15 is 0 Å². The third-order valence-corrected chi connectivity index (χ3v) is 5.56. The van der Waals surface area contributed by atoms with Crippen LogP contribution >= 0.6 is 9.24 Å². The van der Waals surface area contributed by atoms with Crippen molar-refractivity contribution in [3.05, 3.63) is 115 Å². The average Bonchev–Trinajstić information content (AvgIpc) is 3.56. The van der Waals surface area contributed by atoms with Gasteiger partial charge in [-0.3, -0.25) is 9.97 Å². The maximum absolute atomic E-state index is 4.39. The largest absolute Gasteiger partial charge is 3.00 e. The summed E-state index contributed by atoms with van der Waals surface area (Å²) >= 11 is 0. The van der Waals surface area contributed by atoms with Gasteiger partial charge in [0.25, 0.3) is 0 Å². The standard InChI is InChI=1S/2C13H10N3.C3H6P.Ru/c2*1-9-8-12(16-15-9)13-11-5-3-2-4-10(11)6-7-14-13;1-2-3-4;/h2*2-8H,1H3;2-3H,1,4H2;/q3*-1;+3/b;;3-2-;. The van der Waals surface area contributed by atoms with Gasteiger partial charge in [0.2, 0.25) is 0 Å². The molecule has 6 aromatic rings. The van der Waals surface area contributed by atoms with Crippen LogP contribution in [0.15, 0.2) is 97.1 Å². The fourth-order valence-electron chi connectivity index (χ4n) is 3.66. The molecule has 6 nitrogen and oxygen atoms in total. The van der Waals surface area contributed by atoms with Gasteiger partial charge in [0.05, 0.1) is 11.4 Å². The van der Waals surface area contributed by atoms with Crippen LogP contribution in [0.2, 0.25) is 0 Å². The molecule has 1 unspecified atom stereocenters. The molecule has 0 bridgehead atoms. The molecule has 0 amide bonds. The maximum Gasteiger partial charge on any atom is 3.00 e. The van der Waals surface area contributed by atoms with Crippen LogP contribution in [0.1, 0.15) is 11.4 Å². The van der Waals surface area contributed by atoms with Crippen molar-refractivity contribution in [2.45, 2.75) is 13.8 Å². The third-order valence-electron chi connectivity index (χ3n) is 5.29. The molecule has 1 radical (unpaired) electrons. The second kappa shape index (κ2) is 13.6. The monoisotopic (exact) mass is 591 g/mol. The number of hydrogen-bond donors (Lipinski definition) is 0. The number of aromatic nitrogens is 6. The van der Waals surface area contributed by atoms with Crippen molar-refractivity contribution in [3.8, 4) is 22.8 Å². The Hall–Kier alpha value is -3.66. The SMILES string of the molecule is Cc1cc(-c2nccc3ccccc23)[n-]n1.Cc1cc(-c2nccc3ccccc23)[n-]n1.[CH2-]/C=C\P.[Ru+3]. The Bertz CT molecular complexity index is 1470. The van der Waals surface area contributed by atoms with Crippen molar-refractivity contribution in [2.75, 3.05) is 0 Å². The normalized spacial score (nSPS) is 10.4. The summed E-state index contributed by atoms with van der Waals surface area (Å²) in [5.41, 5.74) is 5.33. The van der Waals surface area contributed by atoms with Gasteiger partial charge in [-0.25, -0.2) is 28.1 Å². The summed E-state index contributed by atoms with van der Waals surface area (Å²) in [6.45, 7) is 7.27. The molecule has 8 heteroatoms. The molecule has 0 aliphatic carbocycles. The first-order valence-electron chi connectivity index (χ1n) is 11.4. The minimum atomic E-state index is 0. The summed E-state index contributed by atoms with van der Waals surface area (Å²) < 4.78 is 0. The quantitative estimate of drug-likeness (QED) is 0.133. The molecule has 185 valence electrons. The molecule has 4 heterocycles. The molecule has 1 atom stereocenters. The number of nitrogens with zero attached hydrogens (tertiary/aromatic N) is 6. The van der Waals surface area contributed by atoms with E-state index in [1.807, 2.05) is 74.8 Å². The number of pyridine rings is 2. The van der Waals surface area contributed by atoms with Crippen LogP contribution in [0.4, 0.5) is 0 Å². The van der Waals surface area contributed by atoms with E-state index in [-0.39, 0.29) is 19.5 Å². The van der Waals surface area contributed by atoms with Gasteiger partial charge in [-0.15, -0.1) is 0 Å². The fraction of sp³-hybridized carbons (Fsp3) is 0.0690. The van der Waals surface area contributed by atoms with Crippen LogP contribution in [0.3, 0.4) is 0 Å². The smallest absolute Gasteiger partial charge is 0.573 e. The summed E-state index contributed by atoms with van der Waals surface area (Å²) in [6, 6.07) is 24.2. The van der Waals surface area contributed by atoms with E-state index in [0.717, 1.165) is 44.9 Å². The van der Waals surface area contributed by atoms with Crippen molar-refractivity contribution >= 4 is 30.8 Å². The molecule has 37 heavy (non-hydrogen) atoms. The van der Waals surface area contributed by atoms with Gasteiger partial charge in [-0.2, -0.15) is 0 Å². The summed E-state index contributed by atoms with van der Waals surface area (Å²) in [6.07, 6.45) is 5.33. The molecule has 6 rings (SSSR count). The van der Waals surface area contributed by atoms with E-state index < -0.39 is 0 Å². The average molecular weight is 591 g/mol. The van der Waals surface area contributed by atoms with Gasteiger partial charge in [-0.05, 0) is 36.8 Å². The number of rotatable bonds is 2. The van der Waals surface area contributed by atoms with Crippen molar-refractivity contribution in [3.63, 3.8) is 0 Å². The zero-order valence-corrected chi connectivity index (χ0v) is 23.5. The van der Waals surface area contributed by atoms with Gasteiger partial charge >= 0.3 is 19.5 Å². The van der Waals surface area contributed by atoms with Crippen LogP contribution in [-0.4, -0.2) is 20.2 Å². The topological polar surface area (TPSA) is 79.8 Å². The number of hydrogen-bond acceptors (Lipinski definition) is 4. The molecule has 2 aromatic carbocycles. The fourth-order valence-corrected chi connectivity index (χ4v) is 3.66. The van der Waals surface area contributed by atoms with Crippen LogP contribution in [0, 0.1) is 20.8 Å². The van der Waals surface area contributed by atoms with Gasteiger partial charge in [0.1, 0.15) is 0 Å². The molecule has 0 fully saturated rings. The van der Waals surface area contributed by atoms with Crippen LogP contribution < -0.4 is 10.2 Å². The molecule has 0 aliphatic heterocycles. The molecule has 0 spiro atoms. The van der Waals surface area contributed by atoms with Crippen molar-refractivity contribution < 1.29 is 19.5 Å². The molecule has 0 aliphatic rings. The molecule has 4 aromatic heterocycles. The van der Waals surface area contributed by atoms with Crippen molar-refractivity contribution in [1.82, 2.24) is 30.4 Å². The minimum Gasteiger partial charge on any atom is -0.573 e. The van der Waals surface area contributed by atoms with Crippen molar-refractivity contribution in [1.29, 1.82) is 0 Å². The summed E-state index contributed by atoms with van der Waals surface area (Å²) in [4.78, 5) is 8.78. The molecule has 0 saturated heterocycles. The Balaban J connectivity index is 0.000000176. The van der Waals surface area contributed by atoms with Crippen LogP contribution in [0.25, 0.3) is 44.3 Å². The number of allylic oxidation sites excluding steroid dienone is 1. The maximum atomic E-state index is 4.39. The van der Waals surface area contributed by atoms with E-state index in [9.17, 15) is 0 Å². The predicted octanol–water partition coefficient (Wildman–Crippen LogP) is 6.33. The zero-order chi connectivity index (χ0) is 25.3. The number of fused-ring (bicyclic) bond motifs is 2. The predicted molar refractivity (Wildman–Crippen MR) is 150 cm³/mol. The molecule has 0 N–H and O–H groups in total. The first-order valence-corrected chi connectivity index (χ1v) is 12.1. The molecular weight excluding hydrogens is 564 g/mol. The first-order chi connectivity index (χ1) is 17.6. The number of aryl methyl sites for hydroxylation is 2. The Morgan fingerprint density at radius 3 is 1.46 bits per heavy atom. The summed E-state index contributed by atoms with van der Waals surface area (Å²) in [7, 11) is 2.41. The third kappa shape index (κ3) is 6.97. The van der Waals surface area contributed by atoms with E-state index in [1.165, 1.54) is 10.8 Å². The van der Waals surface area contributed by atoms with E-state index in [2.05, 4.69) is 70.8 Å². The second-order valence-electron chi connectivity index (χ2n) is 7.93. The zero-order valence-electron chi connectivity index (χ0n) is 20.6. The summed E-state index contributed by atoms with van der Waals surface area (Å²) in [5.74, 6) is 1.81. The molecule has 0 saturated carbocycles. The van der Waals surface area contributed by atoms with E-state index in [0.29, 0.717) is 0 Å². The van der Waals surface area contributed by atoms with E-state index in [1.54, 1.807) is 11.9 Å². The van der Waals surface area contributed by atoms with E-state index in [4.69, 9.17) is 0 Å². The Morgan fingerprint density at radius 1 is 0.703 bits per heavy atom. The van der Waals surface area contributed by atoms with Gasteiger partial charge in [0, 0.05) is 34.6 Å². The number of benzene rings is 2. The van der Waals surface area contributed by atoms with Gasteiger partial charge < -0.3 is 20.4 Å². The Kier molecular flexibility index (Phi) is 10.3. The van der Waals surface area contributed by atoms with Gasteiger partial charge in [-0.1, -0.05) is 72.1 Å². The molecular formula is C29H26N6PRu. The minimum absolute atomic E-state index is 0. The van der Waals surface area contributed by atoms with Gasteiger partial charge in [0.15, 0.2) is 0 Å². The van der Waals surface area contributed by atoms with Crippen molar-refractivity contribution in [2.24, 2.45) is 0 Å². The summed E-state index contributed by atoms with van der Waals surface area (Å²) in [5, 5.41) is 20.8. The first kappa shape index (κ1) is 27.9. The van der Waals surface area contributed by atoms with Crippen LogP contribution in [-0.2, 0) is 19.5 Å². The Morgan fingerprint density at radius 2 is 1.11 bits per heavy atom.